The predicted molar refractivity (Wildman–Crippen MR) is 112 cm³/mol. The van der Waals surface area contributed by atoms with Crippen LogP contribution in [0.4, 0.5) is 0 Å². The molecule has 1 N–H and O–H groups in total. The van der Waals surface area contributed by atoms with E-state index in [1.54, 1.807) is 23.1 Å². The number of benzene rings is 1. The van der Waals surface area contributed by atoms with E-state index in [1.807, 2.05) is 0 Å². The van der Waals surface area contributed by atoms with Gasteiger partial charge in [-0.3, -0.25) is 4.79 Å². The van der Waals surface area contributed by atoms with Gasteiger partial charge in [-0.1, -0.05) is 32.4 Å². The van der Waals surface area contributed by atoms with E-state index in [0.29, 0.717) is 34.8 Å². The van der Waals surface area contributed by atoms with Gasteiger partial charge >= 0.3 is 0 Å². The molecule has 5 nitrogen and oxygen atoms in total. The van der Waals surface area contributed by atoms with Crippen molar-refractivity contribution in [3.05, 3.63) is 28.8 Å². The van der Waals surface area contributed by atoms with E-state index >= 15 is 0 Å². The van der Waals surface area contributed by atoms with Crippen LogP contribution in [-0.4, -0.2) is 65.7 Å². The van der Waals surface area contributed by atoms with Crippen LogP contribution in [-0.2, 0) is 0 Å². The monoisotopic (exact) mass is 408 g/mol. The molecule has 1 aromatic rings. The smallest absolute Gasteiger partial charge is 0.253 e. The van der Waals surface area contributed by atoms with Crippen LogP contribution in [0, 0.1) is 5.41 Å². The number of halogens is 1. The molecule has 0 bridgehead atoms. The standard InChI is InChI=1S/C22H33ClN2O3/c1-22(2,3)15-24-11-8-18(9-12-24)28-20-7-6-16(13-19(20)23)21(27)25-10-4-5-17(26)14-25/h6-7,13,17-18,26H,4-5,8-12,14-15H2,1-3H3/t17-/m1/s1. The van der Waals surface area contributed by atoms with Crippen LogP contribution in [0.2, 0.25) is 5.02 Å². The Balaban J connectivity index is 1.55. The van der Waals surface area contributed by atoms with E-state index in [4.69, 9.17) is 16.3 Å². The van der Waals surface area contributed by atoms with E-state index in [9.17, 15) is 9.90 Å². The fourth-order valence-electron chi connectivity index (χ4n) is 4.09. The van der Waals surface area contributed by atoms with Crippen LogP contribution in [0.3, 0.4) is 0 Å². The van der Waals surface area contributed by atoms with E-state index in [2.05, 4.69) is 25.7 Å². The molecular formula is C22H33ClN2O3. The maximum atomic E-state index is 12.7. The van der Waals surface area contributed by atoms with E-state index < -0.39 is 6.10 Å². The number of aliphatic hydroxyl groups excluding tert-OH is 1. The molecule has 1 atom stereocenters. The molecule has 2 saturated heterocycles. The third-order valence-electron chi connectivity index (χ3n) is 5.39. The Hall–Kier alpha value is -1.30. The lowest BCUT2D eigenvalue weighted by Gasteiger charge is -2.36. The Bertz CT molecular complexity index is 681. The van der Waals surface area contributed by atoms with E-state index in [-0.39, 0.29) is 12.0 Å². The predicted octanol–water partition coefficient (Wildman–Crippen LogP) is 3.83. The second kappa shape index (κ2) is 9.02. The molecule has 2 fully saturated rings. The van der Waals surface area contributed by atoms with Crippen molar-refractivity contribution in [2.75, 3.05) is 32.7 Å². The van der Waals surface area contributed by atoms with Gasteiger partial charge in [-0.2, -0.15) is 0 Å². The summed E-state index contributed by atoms with van der Waals surface area (Å²) >= 11 is 6.42. The molecule has 156 valence electrons. The summed E-state index contributed by atoms with van der Waals surface area (Å²) in [6.45, 7) is 11.0. The lowest BCUT2D eigenvalue weighted by molar-refractivity contribution is 0.0473. The number of hydrogen-bond donors (Lipinski definition) is 1. The van der Waals surface area contributed by atoms with Gasteiger partial charge in [0.25, 0.3) is 5.91 Å². The highest BCUT2D eigenvalue weighted by molar-refractivity contribution is 6.32. The van der Waals surface area contributed by atoms with Crippen molar-refractivity contribution >= 4 is 17.5 Å². The van der Waals surface area contributed by atoms with Gasteiger partial charge in [-0.25, -0.2) is 0 Å². The van der Waals surface area contributed by atoms with Crippen LogP contribution >= 0.6 is 11.6 Å². The fraction of sp³-hybridized carbons (Fsp3) is 0.682. The summed E-state index contributed by atoms with van der Waals surface area (Å²) < 4.78 is 6.14. The van der Waals surface area contributed by atoms with Crippen LogP contribution < -0.4 is 4.74 Å². The Morgan fingerprint density at radius 2 is 1.93 bits per heavy atom. The summed E-state index contributed by atoms with van der Waals surface area (Å²) in [5.74, 6) is 0.564. The second-order valence-electron chi connectivity index (χ2n) is 9.35. The SMILES string of the molecule is CC(C)(C)CN1CCC(Oc2ccc(C(=O)N3CCC[C@@H](O)C3)cc2Cl)CC1. The van der Waals surface area contributed by atoms with Crippen molar-refractivity contribution in [3.8, 4) is 5.75 Å². The molecule has 0 aromatic heterocycles. The molecule has 0 aliphatic carbocycles. The van der Waals surface area contributed by atoms with Crippen LogP contribution in [0.15, 0.2) is 18.2 Å². The fourth-order valence-corrected chi connectivity index (χ4v) is 4.31. The maximum absolute atomic E-state index is 12.7. The summed E-state index contributed by atoms with van der Waals surface area (Å²) in [6, 6.07) is 5.27. The van der Waals surface area contributed by atoms with Crippen molar-refractivity contribution in [1.82, 2.24) is 9.80 Å². The number of β-amino-alcohol motifs (C(OH)–C–C–N with tert-alkyl or cyclic N) is 1. The van der Waals surface area contributed by atoms with Crippen molar-refractivity contribution < 1.29 is 14.6 Å². The van der Waals surface area contributed by atoms with Crippen LogP contribution in [0.1, 0.15) is 56.8 Å². The Labute approximate surface area is 173 Å². The van der Waals surface area contributed by atoms with Gasteiger partial charge in [-0.05, 0) is 49.3 Å². The number of carbonyl (C=O) groups is 1. The highest BCUT2D eigenvalue weighted by Crippen LogP contribution is 2.30. The van der Waals surface area contributed by atoms with Crippen molar-refractivity contribution in [1.29, 1.82) is 0 Å². The molecule has 0 unspecified atom stereocenters. The first-order chi connectivity index (χ1) is 13.2. The van der Waals surface area contributed by atoms with E-state index in [1.165, 1.54) is 0 Å². The van der Waals surface area contributed by atoms with Crippen molar-refractivity contribution in [2.24, 2.45) is 5.41 Å². The minimum atomic E-state index is -0.431. The molecule has 2 aliphatic rings. The lowest BCUT2D eigenvalue weighted by Crippen LogP contribution is -2.42. The second-order valence-corrected chi connectivity index (χ2v) is 9.75. The highest BCUT2D eigenvalue weighted by atomic mass is 35.5. The Morgan fingerprint density at radius 3 is 2.54 bits per heavy atom. The number of ether oxygens (including phenoxy) is 1. The highest BCUT2D eigenvalue weighted by Gasteiger charge is 2.26. The lowest BCUT2D eigenvalue weighted by atomic mass is 9.94. The molecule has 1 amide bonds. The number of hydrogen-bond acceptors (Lipinski definition) is 4. The third-order valence-corrected chi connectivity index (χ3v) is 5.68. The number of aliphatic hydroxyl groups is 1. The van der Waals surface area contributed by atoms with Gasteiger partial charge in [0.05, 0.1) is 11.1 Å². The van der Waals surface area contributed by atoms with Gasteiger partial charge in [0.2, 0.25) is 0 Å². The van der Waals surface area contributed by atoms with Gasteiger partial charge in [0.1, 0.15) is 11.9 Å². The summed E-state index contributed by atoms with van der Waals surface area (Å²) in [6.07, 6.45) is 3.28. The molecule has 2 aliphatic heterocycles. The number of piperidine rings is 2. The Kier molecular flexibility index (Phi) is 6.89. The molecule has 3 rings (SSSR count). The Morgan fingerprint density at radius 1 is 1.21 bits per heavy atom. The first-order valence-electron chi connectivity index (χ1n) is 10.4. The molecule has 0 spiro atoms. The zero-order chi connectivity index (χ0) is 20.3. The van der Waals surface area contributed by atoms with Crippen molar-refractivity contribution in [3.63, 3.8) is 0 Å². The molecule has 28 heavy (non-hydrogen) atoms. The number of carbonyl (C=O) groups excluding carboxylic acids is 1. The molecule has 2 heterocycles. The van der Waals surface area contributed by atoms with Gasteiger partial charge in [-0.15, -0.1) is 0 Å². The third kappa shape index (κ3) is 5.85. The minimum Gasteiger partial charge on any atom is -0.489 e. The summed E-state index contributed by atoms with van der Waals surface area (Å²) in [4.78, 5) is 16.9. The molecule has 0 saturated carbocycles. The summed E-state index contributed by atoms with van der Waals surface area (Å²) in [5, 5.41) is 10.3. The maximum Gasteiger partial charge on any atom is 0.253 e. The van der Waals surface area contributed by atoms with Gasteiger partial charge in [0, 0.05) is 38.3 Å². The van der Waals surface area contributed by atoms with Crippen LogP contribution in [0.5, 0.6) is 5.75 Å². The summed E-state index contributed by atoms with van der Waals surface area (Å²) in [5.41, 5.74) is 0.857. The first kappa shape index (κ1) is 21.4. The molecule has 0 radical (unpaired) electrons. The van der Waals surface area contributed by atoms with E-state index in [0.717, 1.165) is 45.3 Å². The zero-order valence-corrected chi connectivity index (χ0v) is 18.0. The normalized spacial score (nSPS) is 22.3. The quantitative estimate of drug-likeness (QED) is 0.822. The average Bonchev–Trinajstić information content (AvgIpc) is 2.63. The molecule has 6 heteroatoms. The van der Waals surface area contributed by atoms with Crippen molar-refractivity contribution in [2.45, 2.75) is 58.7 Å². The minimum absolute atomic E-state index is 0.0808. The van der Waals surface area contributed by atoms with Crippen LogP contribution in [0.25, 0.3) is 0 Å². The first-order valence-corrected chi connectivity index (χ1v) is 10.7. The topological polar surface area (TPSA) is 53.0 Å². The largest absolute Gasteiger partial charge is 0.489 e. The summed E-state index contributed by atoms with van der Waals surface area (Å²) in [7, 11) is 0. The number of amides is 1. The number of rotatable bonds is 4. The average molecular weight is 409 g/mol. The van der Waals surface area contributed by atoms with Gasteiger partial charge < -0.3 is 19.6 Å². The zero-order valence-electron chi connectivity index (χ0n) is 17.3. The van der Waals surface area contributed by atoms with Gasteiger partial charge in [0.15, 0.2) is 0 Å². The molecular weight excluding hydrogens is 376 g/mol. The molecule has 1 aromatic carbocycles. The number of nitrogens with zero attached hydrogens (tertiary/aromatic N) is 2. The number of likely N-dealkylation sites (tertiary alicyclic amines) is 2.